The number of aryl methyl sites for hydroxylation is 1. The summed E-state index contributed by atoms with van der Waals surface area (Å²) in [6.07, 6.45) is 3.51. The van der Waals surface area contributed by atoms with Crippen LogP contribution in [0, 0.1) is 0 Å². The van der Waals surface area contributed by atoms with Crippen LogP contribution in [-0.4, -0.2) is 35.0 Å². The highest BCUT2D eigenvalue weighted by Gasteiger charge is 2.26. The van der Waals surface area contributed by atoms with E-state index in [1.165, 1.54) is 0 Å². The Morgan fingerprint density at radius 2 is 2.00 bits per heavy atom. The quantitative estimate of drug-likeness (QED) is 0.643. The van der Waals surface area contributed by atoms with E-state index in [9.17, 15) is 4.55 Å². The lowest BCUT2D eigenvalue weighted by Gasteiger charge is -2.18. The Labute approximate surface area is 127 Å². The van der Waals surface area contributed by atoms with Gasteiger partial charge in [0.05, 0.1) is 17.6 Å². The van der Waals surface area contributed by atoms with Gasteiger partial charge in [0, 0.05) is 18.8 Å². The molecule has 0 amide bonds. The van der Waals surface area contributed by atoms with Crippen LogP contribution in [0.5, 0.6) is 0 Å². The monoisotopic (exact) mass is 305 g/mol. The van der Waals surface area contributed by atoms with Gasteiger partial charge in [0.2, 0.25) is 0 Å². The maximum absolute atomic E-state index is 12.0. The summed E-state index contributed by atoms with van der Waals surface area (Å²) in [7, 11) is 1.81. The molecule has 0 saturated carbocycles. The third-order valence-corrected chi connectivity index (χ3v) is 4.28. The minimum atomic E-state index is -1.27. The topological polar surface area (TPSA) is 79.0 Å². The van der Waals surface area contributed by atoms with Crippen molar-refractivity contribution in [3.05, 3.63) is 30.1 Å². The zero-order valence-corrected chi connectivity index (χ0v) is 13.7. The summed E-state index contributed by atoms with van der Waals surface area (Å²) in [6, 6.07) is 3.76. The number of aromatic nitrogens is 4. The maximum atomic E-state index is 12.0. The molecule has 0 aliphatic carbocycles. The van der Waals surface area contributed by atoms with Crippen LogP contribution in [-0.2, 0) is 18.4 Å². The second-order valence-corrected chi connectivity index (χ2v) is 7.65. The van der Waals surface area contributed by atoms with Gasteiger partial charge in [0.1, 0.15) is 21.8 Å². The van der Waals surface area contributed by atoms with Gasteiger partial charge in [-0.05, 0) is 39.8 Å². The molecule has 21 heavy (non-hydrogen) atoms. The fourth-order valence-electron chi connectivity index (χ4n) is 1.54. The summed E-state index contributed by atoms with van der Waals surface area (Å²) in [5.74, 6) is 0. The average molecular weight is 305 g/mol. The van der Waals surface area contributed by atoms with E-state index >= 15 is 0 Å². The Morgan fingerprint density at radius 1 is 1.29 bits per heavy atom. The maximum Gasteiger partial charge on any atom is 0.144 e. The minimum Gasteiger partial charge on any atom is -0.591 e. The number of rotatable bonds is 3. The Kier molecular flexibility index (Phi) is 4.43. The molecule has 2 rings (SSSR count). The molecular weight excluding hydrogens is 286 g/mol. The summed E-state index contributed by atoms with van der Waals surface area (Å²) < 4.78 is 17.5. The Balaban J connectivity index is 2.21. The molecule has 0 spiro atoms. The van der Waals surface area contributed by atoms with E-state index in [0.717, 1.165) is 17.0 Å². The highest BCUT2D eigenvalue weighted by atomic mass is 32.2. The van der Waals surface area contributed by atoms with Gasteiger partial charge in [-0.15, -0.1) is 5.10 Å². The van der Waals surface area contributed by atoms with Gasteiger partial charge in [-0.3, -0.25) is 9.67 Å². The van der Waals surface area contributed by atoms with Crippen molar-refractivity contribution in [2.75, 3.05) is 0 Å². The molecule has 0 fully saturated rings. The van der Waals surface area contributed by atoms with E-state index in [-0.39, 0.29) is 4.75 Å². The predicted molar refractivity (Wildman–Crippen MR) is 84.3 cm³/mol. The van der Waals surface area contributed by atoms with Crippen molar-refractivity contribution in [1.29, 1.82) is 0 Å². The molecule has 2 aromatic heterocycles. The highest BCUT2D eigenvalue weighted by Crippen LogP contribution is 2.19. The van der Waals surface area contributed by atoms with Gasteiger partial charge in [-0.2, -0.15) is 0 Å². The second kappa shape index (κ2) is 5.95. The van der Waals surface area contributed by atoms with Crippen LogP contribution in [0.25, 0.3) is 11.4 Å². The Bertz CT molecular complexity index is 642. The summed E-state index contributed by atoms with van der Waals surface area (Å²) in [5, 5.41) is 7.89. The van der Waals surface area contributed by atoms with Crippen molar-refractivity contribution in [2.45, 2.75) is 32.4 Å². The van der Waals surface area contributed by atoms with Crippen LogP contribution in [0.2, 0.25) is 0 Å². The molecule has 2 heterocycles. The van der Waals surface area contributed by atoms with E-state index in [4.69, 9.17) is 0 Å². The summed E-state index contributed by atoms with van der Waals surface area (Å²) in [5.41, 5.74) is 3.02. The first-order chi connectivity index (χ1) is 9.77. The molecule has 0 N–H and O–H groups in total. The van der Waals surface area contributed by atoms with Crippen molar-refractivity contribution in [3.63, 3.8) is 0 Å². The van der Waals surface area contributed by atoms with Crippen LogP contribution in [0.4, 0.5) is 0 Å². The number of hydrogen-bond donors (Lipinski definition) is 0. The molecule has 1 atom stereocenters. The fraction of sp³-hybridized carbons (Fsp3) is 0.429. The largest absolute Gasteiger partial charge is 0.591 e. The van der Waals surface area contributed by atoms with Gasteiger partial charge in [-0.1, -0.05) is 9.61 Å². The molecular formula is C14H19N5OS. The molecule has 0 radical (unpaired) electrons. The summed E-state index contributed by atoms with van der Waals surface area (Å²) in [6.45, 7) is 7.53. The SMILES string of the molecule is CC(=N[S+]([O-])C(C)(C)C)c1ccc(-c2cn(C)nn2)nc1. The molecule has 0 aromatic carbocycles. The molecule has 2 aromatic rings. The smallest absolute Gasteiger partial charge is 0.144 e. The van der Waals surface area contributed by atoms with Crippen LogP contribution in [0.1, 0.15) is 33.3 Å². The lowest BCUT2D eigenvalue weighted by Crippen LogP contribution is -2.26. The average Bonchev–Trinajstić information content (AvgIpc) is 2.84. The molecule has 0 aliphatic heterocycles. The predicted octanol–water partition coefficient (Wildman–Crippen LogP) is 2.15. The Morgan fingerprint density at radius 3 is 2.48 bits per heavy atom. The standard InChI is InChI=1S/C14H19N5OS/c1-10(17-21(20)14(2,3)4)11-6-7-12(15-8-11)13-9-19(5)18-16-13/h6-9H,1-5H3. The van der Waals surface area contributed by atoms with E-state index in [2.05, 4.69) is 19.7 Å². The van der Waals surface area contributed by atoms with Crippen molar-refractivity contribution in [1.82, 2.24) is 20.0 Å². The first-order valence-corrected chi connectivity index (χ1v) is 7.68. The van der Waals surface area contributed by atoms with Crippen molar-refractivity contribution >= 4 is 17.1 Å². The van der Waals surface area contributed by atoms with Gasteiger partial charge in [0.25, 0.3) is 0 Å². The van der Waals surface area contributed by atoms with Crippen molar-refractivity contribution in [2.24, 2.45) is 11.4 Å². The van der Waals surface area contributed by atoms with Crippen LogP contribution in [0.15, 0.2) is 28.9 Å². The molecule has 112 valence electrons. The lowest BCUT2D eigenvalue weighted by molar-refractivity contribution is 0.561. The summed E-state index contributed by atoms with van der Waals surface area (Å²) >= 11 is -1.27. The van der Waals surface area contributed by atoms with Crippen LogP contribution < -0.4 is 0 Å². The lowest BCUT2D eigenvalue weighted by atomic mass is 10.2. The zero-order valence-electron chi connectivity index (χ0n) is 12.9. The Hall–Kier alpha value is -1.73. The van der Waals surface area contributed by atoms with Crippen molar-refractivity contribution < 1.29 is 4.55 Å². The normalized spacial score (nSPS) is 14.3. The number of pyridine rings is 1. The summed E-state index contributed by atoms with van der Waals surface area (Å²) in [4.78, 5) is 4.36. The third kappa shape index (κ3) is 3.89. The van der Waals surface area contributed by atoms with E-state index in [0.29, 0.717) is 5.71 Å². The second-order valence-electron chi connectivity index (χ2n) is 5.75. The first kappa shape index (κ1) is 15.7. The van der Waals surface area contributed by atoms with Crippen LogP contribution >= 0.6 is 0 Å². The van der Waals surface area contributed by atoms with Gasteiger partial charge in [0.15, 0.2) is 0 Å². The van der Waals surface area contributed by atoms with Gasteiger partial charge in [-0.25, -0.2) is 0 Å². The zero-order chi connectivity index (χ0) is 15.6. The molecule has 0 saturated heterocycles. The minimum absolute atomic E-state index is 0.367. The molecule has 1 unspecified atom stereocenters. The highest BCUT2D eigenvalue weighted by molar-refractivity contribution is 7.91. The third-order valence-electron chi connectivity index (χ3n) is 2.79. The van der Waals surface area contributed by atoms with E-state index in [1.807, 2.05) is 46.9 Å². The fourth-order valence-corrected chi connectivity index (χ4v) is 2.17. The van der Waals surface area contributed by atoms with Crippen molar-refractivity contribution in [3.8, 4) is 11.4 Å². The van der Waals surface area contributed by atoms with E-state index in [1.54, 1.807) is 17.1 Å². The molecule has 7 heteroatoms. The van der Waals surface area contributed by atoms with E-state index < -0.39 is 11.4 Å². The number of hydrogen-bond acceptors (Lipinski definition) is 5. The molecule has 6 nitrogen and oxygen atoms in total. The van der Waals surface area contributed by atoms with Gasteiger partial charge >= 0.3 is 0 Å². The molecule has 0 aliphatic rings. The molecule has 0 bridgehead atoms. The van der Waals surface area contributed by atoms with Gasteiger partial charge < -0.3 is 4.55 Å². The van der Waals surface area contributed by atoms with Crippen LogP contribution in [0.3, 0.4) is 0 Å². The first-order valence-electron chi connectivity index (χ1n) is 6.58. The number of nitrogens with zero attached hydrogens (tertiary/aromatic N) is 5.